The van der Waals surface area contributed by atoms with Gasteiger partial charge in [-0.2, -0.15) is 0 Å². The van der Waals surface area contributed by atoms with Crippen LogP contribution < -0.4 is 16.4 Å². The van der Waals surface area contributed by atoms with Crippen LogP contribution in [0.25, 0.3) is 0 Å². The average Bonchev–Trinajstić information content (AvgIpc) is 2.44. The number of hydrogen-bond acceptors (Lipinski definition) is 4. The molecule has 120 valence electrons. The molecule has 0 bridgehead atoms. The van der Waals surface area contributed by atoms with Gasteiger partial charge in [0.15, 0.2) is 0 Å². The number of aliphatic carboxylic acids is 1. The summed E-state index contributed by atoms with van der Waals surface area (Å²) in [7, 11) is 0. The number of nitrogens with zero attached hydrogens (tertiary/aromatic N) is 1. The van der Waals surface area contributed by atoms with E-state index in [2.05, 4.69) is 15.5 Å². The Morgan fingerprint density at radius 3 is 2.38 bits per heavy atom. The fourth-order valence-corrected chi connectivity index (χ4v) is 2.34. The minimum atomic E-state index is -1.30. The first kappa shape index (κ1) is 17.2. The number of likely N-dealkylation sites (tertiary alicyclic amines) is 1. The van der Waals surface area contributed by atoms with E-state index in [1.54, 1.807) is 0 Å². The molecule has 0 aliphatic carbocycles. The van der Waals surface area contributed by atoms with Gasteiger partial charge in [-0.15, -0.1) is 0 Å². The van der Waals surface area contributed by atoms with Crippen molar-refractivity contribution in [2.24, 2.45) is 5.73 Å². The Morgan fingerprint density at radius 2 is 1.86 bits per heavy atom. The summed E-state index contributed by atoms with van der Waals surface area (Å²) >= 11 is 0. The molecule has 0 aromatic carbocycles. The molecule has 1 fully saturated rings. The zero-order chi connectivity index (χ0) is 15.8. The lowest BCUT2D eigenvalue weighted by Gasteiger charge is -2.32. The molecular formula is C13H24N4O4. The van der Waals surface area contributed by atoms with Gasteiger partial charge in [-0.25, -0.2) is 9.59 Å². The number of hydrogen-bond donors (Lipinski definition) is 4. The Morgan fingerprint density at radius 1 is 1.24 bits per heavy atom. The summed E-state index contributed by atoms with van der Waals surface area (Å²) in [6.07, 6.45) is 3.14. The lowest BCUT2D eigenvalue weighted by atomic mass is 10.1. The van der Waals surface area contributed by atoms with Gasteiger partial charge >= 0.3 is 12.0 Å². The minimum absolute atomic E-state index is 0.190. The Bertz CT molecular complexity index is 382. The summed E-state index contributed by atoms with van der Waals surface area (Å²) in [4.78, 5) is 35.6. The van der Waals surface area contributed by atoms with Crippen LogP contribution in [0.5, 0.6) is 0 Å². The third-order valence-corrected chi connectivity index (χ3v) is 3.58. The third kappa shape index (κ3) is 6.44. The second-order valence-corrected chi connectivity index (χ2v) is 5.36. The molecule has 0 spiro atoms. The molecule has 2 atom stereocenters. The number of carboxylic acids is 1. The lowest BCUT2D eigenvalue weighted by molar-refractivity contribution is -0.140. The maximum absolute atomic E-state index is 11.7. The number of carboxylic acid groups (broad SMARTS) is 1. The number of rotatable bonds is 7. The van der Waals surface area contributed by atoms with Crippen LogP contribution in [0.1, 0.15) is 32.6 Å². The van der Waals surface area contributed by atoms with E-state index in [1.165, 1.54) is 6.42 Å². The summed E-state index contributed by atoms with van der Waals surface area (Å²) < 4.78 is 0. The van der Waals surface area contributed by atoms with E-state index in [0.717, 1.165) is 25.9 Å². The molecule has 1 aliphatic rings. The van der Waals surface area contributed by atoms with Crippen molar-refractivity contribution in [3.05, 3.63) is 0 Å². The van der Waals surface area contributed by atoms with Crippen LogP contribution in [-0.4, -0.2) is 59.6 Å². The van der Waals surface area contributed by atoms with Crippen molar-refractivity contribution < 1.29 is 19.5 Å². The molecule has 0 radical (unpaired) electrons. The van der Waals surface area contributed by atoms with Gasteiger partial charge in [-0.05, 0) is 32.9 Å². The van der Waals surface area contributed by atoms with Crippen molar-refractivity contribution in [3.8, 4) is 0 Å². The molecule has 8 nitrogen and oxygen atoms in total. The standard InChI is InChI=1S/C13H24N4O4/c1-9(17-5-3-2-4-6-17)8-15-13(21)16-10(12(19)20)7-11(14)18/h9-10H,2-8H2,1H3,(H2,14,18)(H,19,20)(H2,15,16,21)/t9?,10-/m1/s1. The first-order valence-electron chi connectivity index (χ1n) is 7.19. The minimum Gasteiger partial charge on any atom is -0.480 e. The number of urea groups is 1. The number of nitrogens with two attached hydrogens (primary N) is 1. The number of piperidine rings is 1. The first-order valence-corrected chi connectivity index (χ1v) is 7.19. The number of nitrogens with one attached hydrogen (secondary N) is 2. The number of carbonyl (C=O) groups excluding carboxylic acids is 2. The van der Waals surface area contributed by atoms with E-state index in [0.29, 0.717) is 6.54 Å². The van der Waals surface area contributed by atoms with Crippen molar-refractivity contribution in [1.29, 1.82) is 0 Å². The second-order valence-electron chi connectivity index (χ2n) is 5.36. The number of primary amides is 1. The van der Waals surface area contributed by atoms with Gasteiger partial charge in [-0.3, -0.25) is 9.69 Å². The molecule has 1 rings (SSSR count). The Labute approximate surface area is 124 Å². The Balaban J connectivity index is 2.34. The van der Waals surface area contributed by atoms with Gasteiger partial charge in [0.25, 0.3) is 0 Å². The van der Waals surface area contributed by atoms with Crippen molar-refractivity contribution in [1.82, 2.24) is 15.5 Å². The van der Waals surface area contributed by atoms with Crippen LogP contribution in [0.15, 0.2) is 0 Å². The van der Waals surface area contributed by atoms with Crippen LogP contribution in [0.3, 0.4) is 0 Å². The van der Waals surface area contributed by atoms with E-state index in [4.69, 9.17) is 10.8 Å². The SMILES string of the molecule is CC(CNC(=O)N[C@H](CC(N)=O)C(=O)O)N1CCCCC1. The highest BCUT2D eigenvalue weighted by atomic mass is 16.4. The zero-order valence-electron chi connectivity index (χ0n) is 12.3. The molecule has 5 N–H and O–H groups in total. The fraction of sp³-hybridized carbons (Fsp3) is 0.769. The van der Waals surface area contributed by atoms with E-state index in [1.807, 2.05) is 6.92 Å². The van der Waals surface area contributed by atoms with Crippen LogP contribution in [0.2, 0.25) is 0 Å². The molecule has 8 heteroatoms. The largest absolute Gasteiger partial charge is 0.480 e. The normalized spacial score (nSPS) is 18.5. The first-order chi connectivity index (χ1) is 9.90. The van der Waals surface area contributed by atoms with Crippen LogP contribution in [0, 0.1) is 0 Å². The lowest BCUT2D eigenvalue weighted by Crippen LogP contribution is -2.51. The second kappa shape index (κ2) is 8.46. The molecule has 3 amide bonds. The van der Waals surface area contributed by atoms with Gasteiger partial charge in [-0.1, -0.05) is 6.42 Å². The zero-order valence-corrected chi connectivity index (χ0v) is 12.3. The highest BCUT2D eigenvalue weighted by molar-refractivity contribution is 5.87. The van der Waals surface area contributed by atoms with Crippen molar-refractivity contribution >= 4 is 17.9 Å². The molecule has 1 saturated heterocycles. The molecule has 0 aromatic heterocycles. The van der Waals surface area contributed by atoms with Gasteiger partial charge in [0, 0.05) is 12.6 Å². The third-order valence-electron chi connectivity index (χ3n) is 3.58. The van der Waals surface area contributed by atoms with Crippen LogP contribution in [-0.2, 0) is 9.59 Å². The number of amides is 3. The maximum Gasteiger partial charge on any atom is 0.326 e. The summed E-state index contributed by atoms with van der Waals surface area (Å²) in [6.45, 7) is 4.48. The predicted molar refractivity (Wildman–Crippen MR) is 76.7 cm³/mol. The predicted octanol–water partition coefficient (Wildman–Crippen LogP) is -0.511. The molecule has 0 saturated carbocycles. The monoisotopic (exact) mass is 300 g/mol. The van der Waals surface area contributed by atoms with Crippen molar-refractivity contribution in [3.63, 3.8) is 0 Å². The van der Waals surface area contributed by atoms with Gasteiger partial charge < -0.3 is 21.5 Å². The number of carbonyl (C=O) groups is 3. The molecule has 1 heterocycles. The average molecular weight is 300 g/mol. The fourth-order valence-electron chi connectivity index (χ4n) is 2.34. The van der Waals surface area contributed by atoms with Crippen LogP contribution >= 0.6 is 0 Å². The van der Waals surface area contributed by atoms with Gasteiger partial charge in [0.05, 0.1) is 6.42 Å². The molecule has 21 heavy (non-hydrogen) atoms. The quantitative estimate of drug-likeness (QED) is 0.504. The summed E-state index contributed by atoms with van der Waals surface area (Å²) in [5.41, 5.74) is 4.95. The molecular weight excluding hydrogens is 276 g/mol. The molecule has 1 unspecified atom stereocenters. The van der Waals surface area contributed by atoms with Gasteiger partial charge in [0.1, 0.15) is 6.04 Å². The van der Waals surface area contributed by atoms with Crippen LogP contribution in [0.4, 0.5) is 4.79 Å². The highest BCUT2D eigenvalue weighted by Crippen LogP contribution is 2.11. The summed E-state index contributed by atoms with van der Waals surface area (Å²) in [6, 6.07) is -1.71. The highest BCUT2D eigenvalue weighted by Gasteiger charge is 2.23. The van der Waals surface area contributed by atoms with Gasteiger partial charge in [0.2, 0.25) is 5.91 Å². The van der Waals surface area contributed by atoms with E-state index in [-0.39, 0.29) is 6.04 Å². The molecule has 0 aromatic rings. The maximum atomic E-state index is 11.7. The Hall–Kier alpha value is -1.83. The van der Waals surface area contributed by atoms with E-state index < -0.39 is 30.4 Å². The Kier molecular flexibility index (Phi) is 6.93. The van der Waals surface area contributed by atoms with Crippen molar-refractivity contribution in [2.75, 3.05) is 19.6 Å². The summed E-state index contributed by atoms with van der Waals surface area (Å²) in [5, 5.41) is 13.8. The smallest absolute Gasteiger partial charge is 0.326 e. The van der Waals surface area contributed by atoms with E-state index >= 15 is 0 Å². The molecule has 1 aliphatic heterocycles. The summed E-state index contributed by atoms with van der Waals surface area (Å²) in [5.74, 6) is -2.06. The van der Waals surface area contributed by atoms with E-state index in [9.17, 15) is 14.4 Å². The van der Waals surface area contributed by atoms with Crippen molar-refractivity contribution in [2.45, 2.75) is 44.7 Å². The topological polar surface area (TPSA) is 125 Å².